The Kier molecular flexibility index (Phi) is 3.75. The first kappa shape index (κ1) is 13.8. The van der Waals surface area contributed by atoms with Gasteiger partial charge in [-0.3, -0.25) is 9.59 Å². The molecule has 1 N–H and O–H groups in total. The van der Waals surface area contributed by atoms with Gasteiger partial charge in [0.2, 0.25) is 5.56 Å². The lowest BCUT2D eigenvalue weighted by molar-refractivity contribution is 0.0947. The number of sulfone groups is 1. The number of hydrogen-bond acceptors (Lipinski definition) is 4. The van der Waals surface area contributed by atoms with Crippen molar-refractivity contribution in [2.24, 2.45) is 13.0 Å². The minimum absolute atomic E-state index is 0.0125. The summed E-state index contributed by atoms with van der Waals surface area (Å²) < 4.78 is 23.9. The van der Waals surface area contributed by atoms with Crippen LogP contribution in [0.15, 0.2) is 23.1 Å². The van der Waals surface area contributed by atoms with Gasteiger partial charge in [-0.2, -0.15) is 0 Å². The second kappa shape index (κ2) is 5.16. The van der Waals surface area contributed by atoms with Crippen LogP contribution in [-0.2, 0) is 16.9 Å². The molecule has 0 saturated carbocycles. The molecule has 0 spiro atoms. The molecule has 2 heterocycles. The van der Waals surface area contributed by atoms with E-state index in [2.05, 4.69) is 5.32 Å². The Balaban J connectivity index is 1.95. The normalized spacial score (nSPS) is 21.2. The van der Waals surface area contributed by atoms with E-state index in [4.69, 9.17) is 0 Å². The van der Waals surface area contributed by atoms with E-state index in [0.29, 0.717) is 18.5 Å². The summed E-state index contributed by atoms with van der Waals surface area (Å²) in [7, 11) is -1.34. The first-order valence-electron chi connectivity index (χ1n) is 6.03. The number of amides is 1. The summed E-state index contributed by atoms with van der Waals surface area (Å²) in [5.41, 5.74) is 0.210. The quantitative estimate of drug-likeness (QED) is 0.814. The lowest BCUT2D eigenvalue weighted by Gasteiger charge is -2.10. The first-order valence-corrected chi connectivity index (χ1v) is 7.85. The molecule has 0 aromatic carbocycles. The number of aryl methyl sites for hydroxylation is 1. The van der Waals surface area contributed by atoms with Gasteiger partial charge in [0, 0.05) is 25.9 Å². The van der Waals surface area contributed by atoms with Gasteiger partial charge in [0.05, 0.1) is 17.1 Å². The molecule has 1 saturated heterocycles. The molecule has 7 heteroatoms. The molecule has 1 fully saturated rings. The second-order valence-corrected chi connectivity index (χ2v) is 7.07. The minimum Gasteiger partial charge on any atom is -0.352 e. The van der Waals surface area contributed by atoms with Crippen molar-refractivity contribution in [2.45, 2.75) is 6.42 Å². The molecule has 0 radical (unpaired) electrons. The van der Waals surface area contributed by atoms with Crippen molar-refractivity contribution in [2.75, 3.05) is 18.1 Å². The topological polar surface area (TPSA) is 85.2 Å². The molecule has 1 aliphatic heterocycles. The molecule has 0 aliphatic carbocycles. The van der Waals surface area contributed by atoms with E-state index in [-0.39, 0.29) is 28.9 Å². The van der Waals surface area contributed by atoms with Crippen molar-refractivity contribution < 1.29 is 13.2 Å². The number of aromatic nitrogens is 1. The third-order valence-electron chi connectivity index (χ3n) is 3.23. The van der Waals surface area contributed by atoms with Crippen LogP contribution in [0.3, 0.4) is 0 Å². The third kappa shape index (κ3) is 3.44. The fourth-order valence-electron chi connectivity index (χ4n) is 2.10. The third-order valence-corrected chi connectivity index (χ3v) is 5.06. The zero-order chi connectivity index (χ0) is 14.0. The average molecular weight is 284 g/mol. The van der Waals surface area contributed by atoms with Gasteiger partial charge in [-0.05, 0) is 18.4 Å². The molecule has 1 amide bonds. The summed E-state index contributed by atoms with van der Waals surface area (Å²) in [4.78, 5) is 23.0. The summed E-state index contributed by atoms with van der Waals surface area (Å²) in [5.74, 6) is 0.0369. The van der Waals surface area contributed by atoms with Crippen LogP contribution in [-0.4, -0.2) is 36.9 Å². The summed E-state index contributed by atoms with van der Waals surface area (Å²) >= 11 is 0. The fourth-order valence-corrected chi connectivity index (χ4v) is 3.96. The highest BCUT2D eigenvalue weighted by molar-refractivity contribution is 7.91. The number of hydrogen-bond donors (Lipinski definition) is 1. The monoisotopic (exact) mass is 284 g/mol. The van der Waals surface area contributed by atoms with E-state index < -0.39 is 9.84 Å². The van der Waals surface area contributed by atoms with Gasteiger partial charge in [0.25, 0.3) is 5.91 Å². The van der Waals surface area contributed by atoms with Crippen LogP contribution in [0.2, 0.25) is 0 Å². The van der Waals surface area contributed by atoms with Crippen molar-refractivity contribution in [3.8, 4) is 0 Å². The molecule has 1 aromatic heterocycles. The van der Waals surface area contributed by atoms with Crippen molar-refractivity contribution in [1.29, 1.82) is 0 Å². The zero-order valence-corrected chi connectivity index (χ0v) is 11.4. The summed E-state index contributed by atoms with van der Waals surface area (Å²) in [6, 6.07) is 2.79. The van der Waals surface area contributed by atoms with Gasteiger partial charge in [0.1, 0.15) is 0 Å². The number of carbonyl (C=O) groups is 1. The van der Waals surface area contributed by atoms with E-state index in [1.807, 2.05) is 0 Å². The largest absolute Gasteiger partial charge is 0.352 e. The van der Waals surface area contributed by atoms with Gasteiger partial charge < -0.3 is 9.88 Å². The van der Waals surface area contributed by atoms with Crippen LogP contribution in [0.4, 0.5) is 0 Å². The molecule has 19 heavy (non-hydrogen) atoms. The standard InChI is InChI=1S/C12H16N2O4S/c1-14-7-10(2-3-11(14)15)12(16)13-6-9-4-5-19(17,18)8-9/h2-3,7,9H,4-6,8H2,1H3,(H,13,16)/t9-/m0/s1. The Morgan fingerprint density at radius 2 is 2.21 bits per heavy atom. The maximum absolute atomic E-state index is 11.9. The van der Waals surface area contributed by atoms with Gasteiger partial charge in [-0.15, -0.1) is 0 Å². The van der Waals surface area contributed by atoms with Gasteiger partial charge in [-0.1, -0.05) is 0 Å². The SMILES string of the molecule is Cn1cc(C(=O)NC[C@@H]2CCS(=O)(=O)C2)ccc1=O. The van der Waals surface area contributed by atoms with Crippen molar-refractivity contribution in [3.63, 3.8) is 0 Å². The van der Waals surface area contributed by atoms with E-state index in [9.17, 15) is 18.0 Å². The molecule has 0 unspecified atom stereocenters. The smallest absolute Gasteiger partial charge is 0.252 e. The highest BCUT2D eigenvalue weighted by atomic mass is 32.2. The molecule has 0 bridgehead atoms. The molecular weight excluding hydrogens is 268 g/mol. The second-order valence-electron chi connectivity index (χ2n) is 4.85. The Hall–Kier alpha value is -1.63. The molecule has 104 valence electrons. The summed E-state index contributed by atoms with van der Waals surface area (Å²) in [6.45, 7) is 0.348. The highest BCUT2D eigenvalue weighted by Gasteiger charge is 2.27. The van der Waals surface area contributed by atoms with E-state index in [1.165, 1.54) is 22.9 Å². The molecule has 1 aromatic rings. The molecule has 2 rings (SSSR count). The molecule has 6 nitrogen and oxygen atoms in total. The van der Waals surface area contributed by atoms with Crippen LogP contribution in [0.25, 0.3) is 0 Å². The van der Waals surface area contributed by atoms with Crippen LogP contribution in [0, 0.1) is 5.92 Å². The lowest BCUT2D eigenvalue weighted by Crippen LogP contribution is -2.30. The Bertz CT molecular complexity index is 648. The van der Waals surface area contributed by atoms with Crippen LogP contribution in [0.1, 0.15) is 16.8 Å². The zero-order valence-electron chi connectivity index (χ0n) is 10.6. The van der Waals surface area contributed by atoms with Crippen molar-refractivity contribution >= 4 is 15.7 Å². The number of nitrogens with zero attached hydrogens (tertiary/aromatic N) is 1. The number of rotatable bonds is 3. The van der Waals surface area contributed by atoms with E-state index in [1.54, 1.807) is 7.05 Å². The van der Waals surface area contributed by atoms with Crippen molar-refractivity contribution in [3.05, 3.63) is 34.2 Å². The van der Waals surface area contributed by atoms with Crippen LogP contribution < -0.4 is 10.9 Å². The molecule has 1 aliphatic rings. The number of carbonyl (C=O) groups excluding carboxylic acids is 1. The lowest BCUT2D eigenvalue weighted by atomic mass is 10.1. The minimum atomic E-state index is -2.92. The maximum Gasteiger partial charge on any atom is 0.252 e. The highest BCUT2D eigenvalue weighted by Crippen LogP contribution is 2.17. The number of nitrogens with one attached hydrogen (secondary N) is 1. The van der Waals surface area contributed by atoms with Crippen LogP contribution >= 0.6 is 0 Å². The fraction of sp³-hybridized carbons (Fsp3) is 0.500. The van der Waals surface area contributed by atoms with Crippen molar-refractivity contribution in [1.82, 2.24) is 9.88 Å². The Labute approximate surface area is 111 Å². The summed E-state index contributed by atoms with van der Waals surface area (Å²) in [6.07, 6.45) is 2.05. The first-order chi connectivity index (χ1) is 8.87. The predicted molar refractivity (Wildman–Crippen MR) is 70.8 cm³/mol. The predicted octanol–water partition coefficient (Wildman–Crippen LogP) is -0.450. The summed E-state index contributed by atoms with van der Waals surface area (Å²) in [5, 5.41) is 2.71. The number of pyridine rings is 1. The van der Waals surface area contributed by atoms with Gasteiger partial charge in [-0.25, -0.2) is 8.42 Å². The Morgan fingerprint density at radius 3 is 2.79 bits per heavy atom. The molecule has 1 atom stereocenters. The van der Waals surface area contributed by atoms with Gasteiger partial charge >= 0.3 is 0 Å². The van der Waals surface area contributed by atoms with E-state index in [0.717, 1.165) is 0 Å². The average Bonchev–Trinajstić information content (AvgIpc) is 2.69. The van der Waals surface area contributed by atoms with Crippen LogP contribution in [0.5, 0.6) is 0 Å². The maximum atomic E-state index is 11.9. The molecular formula is C12H16N2O4S. The van der Waals surface area contributed by atoms with Gasteiger partial charge in [0.15, 0.2) is 9.84 Å². The Morgan fingerprint density at radius 1 is 1.47 bits per heavy atom. The van der Waals surface area contributed by atoms with E-state index >= 15 is 0 Å².